The molecule has 0 amide bonds. The molecule has 0 saturated heterocycles. The first-order chi connectivity index (χ1) is 9.93. The molecule has 0 unspecified atom stereocenters. The Kier molecular flexibility index (Phi) is 2.80. The molecule has 2 aromatic carbocycles. The number of benzene rings is 2. The summed E-state index contributed by atoms with van der Waals surface area (Å²) < 4.78 is 3.41. The van der Waals surface area contributed by atoms with Crippen LogP contribution in [0, 0.1) is 0 Å². The van der Waals surface area contributed by atoms with Crippen molar-refractivity contribution in [3.8, 4) is 22.5 Å². The van der Waals surface area contributed by atoms with Gasteiger partial charge in [0.15, 0.2) is 0 Å². The van der Waals surface area contributed by atoms with Gasteiger partial charge in [0.1, 0.15) is 0 Å². The molecule has 4 aromatic rings. The summed E-state index contributed by atoms with van der Waals surface area (Å²) in [5, 5.41) is 0. The maximum atomic E-state index is 4.87. The van der Waals surface area contributed by atoms with Crippen molar-refractivity contribution in [2.45, 2.75) is 0 Å². The number of fused-ring (bicyclic) bond motifs is 1. The predicted molar refractivity (Wildman–Crippen MR) is 83.0 cm³/mol. The van der Waals surface area contributed by atoms with E-state index < -0.39 is 0 Å². The maximum absolute atomic E-state index is 4.87. The molecule has 20 heavy (non-hydrogen) atoms. The molecule has 0 aliphatic carbocycles. The zero-order valence-electron chi connectivity index (χ0n) is 10.7. The molecule has 3 heteroatoms. The molecule has 0 fully saturated rings. The molecule has 0 bridgehead atoms. The first kappa shape index (κ1) is 11.7. The van der Waals surface area contributed by atoms with Crippen LogP contribution in [-0.4, -0.2) is 23.9 Å². The Hall–Kier alpha value is -2.09. The topological polar surface area (TPSA) is 17.3 Å². The average Bonchev–Trinajstić information content (AvgIpc) is 3.09. The fourth-order valence-corrected chi connectivity index (χ4v) is 3.95. The summed E-state index contributed by atoms with van der Waals surface area (Å²) in [5.41, 5.74) is 4.67. The molecule has 4 rings (SSSR count). The SMILES string of the molecule is c1ccc(-c2nc3[se]ccn3c2-c2ccccc2)cc1. The summed E-state index contributed by atoms with van der Waals surface area (Å²) in [7, 11) is 0. The van der Waals surface area contributed by atoms with Gasteiger partial charge in [-0.2, -0.15) is 0 Å². The molecule has 0 spiro atoms. The van der Waals surface area contributed by atoms with Crippen LogP contribution in [0.4, 0.5) is 0 Å². The molecule has 2 heterocycles. The van der Waals surface area contributed by atoms with Crippen molar-refractivity contribution in [2.24, 2.45) is 0 Å². The third kappa shape index (κ3) is 1.83. The second-order valence-electron chi connectivity index (χ2n) is 4.60. The predicted octanol–water partition coefficient (Wildman–Crippen LogP) is 3.73. The van der Waals surface area contributed by atoms with Gasteiger partial charge >= 0.3 is 123 Å². The van der Waals surface area contributed by atoms with Gasteiger partial charge in [0, 0.05) is 0 Å². The second-order valence-corrected chi connectivity index (χ2v) is 6.43. The summed E-state index contributed by atoms with van der Waals surface area (Å²) in [6.07, 6.45) is 2.15. The third-order valence-electron chi connectivity index (χ3n) is 3.36. The third-order valence-corrected chi connectivity index (χ3v) is 4.94. The Morgan fingerprint density at radius 3 is 2.15 bits per heavy atom. The normalized spacial score (nSPS) is 11.0. The van der Waals surface area contributed by atoms with Gasteiger partial charge in [-0.25, -0.2) is 0 Å². The monoisotopic (exact) mass is 324 g/mol. The second kappa shape index (κ2) is 4.78. The van der Waals surface area contributed by atoms with E-state index in [9.17, 15) is 0 Å². The molecular formula is C17H12N2Se. The van der Waals surface area contributed by atoms with E-state index in [4.69, 9.17) is 4.98 Å². The fourth-order valence-electron chi connectivity index (χ4n) is 2.45. The van der Waals surface area contributed by atoms with Crippen molar-refractivity contribution in [2.75, 3.05) is 0 Å². The van der Waals surface area contributed by atoms with Crippen molar-refractivity contribution in [1.82, 2.24) is 9.38 Å². The van der Waals surface area contributed by atoms with Crippen LogP contribution in [0.5, 0.6) is 0 Å². The van der Waals surface area contributed by atoms with E-state index in [0.717, 1.165) is 5.69 Å². The number of aromatic nitrogens is 2. The molecule has 96 valence electrons. The fraction of sp³-hybridized carbons (Fsp3) is 0. The standard InChI is InChI=1S/C17H12N2Se/c1-3-7-13(8-4-1)15-16(14-9-5-2-6-10-14)19-11-12-20-17(19)18-15/h1-12H. The van der Waals surface area contributed by atoms with Crippen molar-refractivity contribution < 1.29 is 0 Å². The summed E-state index contributed by atoms with van der Waals surface area (Å²) in [6.45, 7) is 0. The van der Waals surface area contributed by atoms with Crippen LogP contribution in [-0.2, 0) is 0 Å². The molecule has 2 nitrogen and oxygen atoms in total. The zero-order valence-corrected chi connectivity index (χ0v) is 12.4. The Labute approximate surface area is 123 Å². The van der Waals surface area contributed by atoms with E-state index in [2.05, 4.69) is 64.1 Å². The van der Waals surface area contributed by atoms with Gasteiger partial charge in [0.2, 0.25) is 0 Å². The summed E-state index contributed by atoms with van der Waals surface area (Å²) in [4.78, 5) is 7.08. The number of imidazole rings is 1. The van der Waals surface area contributed by atoms with Crippen LogP contribution in [0.1, 0.15) is 0 Å². The first-order valence-electron chi connectivity index (χ1n) is 6.50. The Morgan fingerprint density at radius 1 is 0.800 bits per heavy atom. The summed E-state index contributed by atoms with van der Waals surface area (Å²) >= 11 is 0.344. The number of hydrogen-bond acceptors (Lipinski definition) is 1. The molecule has 2 aromatic heterocycles. The van der Waals surface area contributed by atoms with E-state index in [1.54, 1.807) is 0 Å². The molecule has 0 radical (unpaired) electrons. The van der Waals surface area contributed by atoms with Crippen molar-refractivity contribution in [3.63, 3.8) is 0 Å². The van der Waals surface area contributed by atoms with E-state index in [-0.39, 0.29) is 0 Å². The Morgan fingerprint density at radius 2 is 1.45 bits per heavy atom. The minimum atomic E-state index is 0.344. The summed E-state index contributed by atoms with van der Waals surface area (Å²) in [6, 6.07) is 20.9. The van der Waals surface area contributed by atoms with E-state index in [0.29, 0.717) is 14.5 Å². The Bertz CT molecular complexity index is 844. The van der Waals surface area contributed by atoms with Crippen LogP contribution in [0.2, 0.25) is 0 Å². The van der Waals surface area contributed by atoms with Crippen LogP contribution >= 0.6 is 0 Å². The van der Waals surface area contributed by atoms with Gasteiger partial charge in [0.05, 0.1) is 0 Å². The number of hydrogen-bond donors (Lipinski definition) is 0. The van der Waals surface area contributed by atoms with E-state index in [1.165, 1.54) is 21.3 Å². The molecule has 0 atom stereocenters. The Balaban J connectivity index is 2.05. The van der Waals surface area contributed by atoms with Gasteiger partial charge in [-0.1, -0.05) is 0 Å². The van der Waals surface area contributed by atoms with Crippen LogP contribution in [0.25, 0.3) is 27.0 Å². The number of nitrogens with zero attached hydrogens (tertiary/aromatic N) is 2. The van der Waals surface area contributed by atoms with E-state index >= 15 is 0 Å². The minimum absolute atomic E-state index is 0.344. The van der Waals surface area contributed by atoms with Crippen LogP contribution in [0.15, 0.2) is 71.8 Å². The van der Waals surface area contributed by atoms with Gasteiger partial charge in [-0.3, -0.25) is 0 Å². The van der Waals surface area contributed by atoms with Crippen LogP contribution < -0.4 is 0 Å². The molecule has 0 N–H and O–H groups in total. The zero-order chi connectivity index (χ0) is 13.4. The van der Waals surface area contributed by atoms with Crippen molar-refractivity contribution in [1.29, 1.82) is 0 Å². The van der Waals surface area contributed by atoms with Gasteiger partial charge in [-0.05, 0) is 0 Å². The summed E-state index contributed by atoms with van der Waals surface area (Å²) in [5.74, 6) is 0. The molecular weight excluding hydrogens is 311 g/mol. The van der Waals surface area contributed by atoms with Crippen LogP contribution in [0.3, 0.4) is 0 Å². The van der Waals surface area contributed by atoms with Gasteiger partial charge in [-0.15, -0.1) is 0 Å². The number of rotatable bonds is 2. The molecule has 0 aliphatic heterocycles. The van der Waals surface area contributed by atoms with Crippen molar-refractivity contribution in [3.05, 3.63) is 71.8 Å². The van der Waals surface area contributed by atoms with Gasteiger partial charge < -0.3 is 0 Å². The molecule has 0 saturated carbocycles. The van der Waals surface area contributed by atoms with Crippen molar-refractivity contribution >= 4 is 19.0 Å². The average molecular weight is 323 g/mol. The van der Waals surface area contributed by atoms with E-state index in [1.807, 2.05) is 12.1 Å². The quantitative estimate of drug-likeness (QED) is 0.514. The van der Waals surface area contributed by atoms with Gasteiger partial charge in [0.25, 0.3) is 0 Å². The molecule has 0 aliphatic rings. The first-order valence-corrected chi connectivity index (χ1v) is 8.34.